The van der Waals surface area contributed by atoms with E-state index in [0.29, 0.717) is 16.6 Å². The molecular formula is C9H10N4O2S. The summed E-state index contributed by atoms with van der Waals surface area (Å²) in [5, 5.41) is 12.4. The van der Waals surface area contributed by atoms with Crippen LogP contribution in [0.4, 0.5) is 5.13 Å². The van der Waals surface area contributed by atoms with Crippen LogP contribution in [0.2, 0.25) is 0 Å². The fourth-order valence-corrected chi connectivity index (χ4v) is 2.03. The summed E-state index contributed by atoms with van der Waals surface area (Å²) in [5.41, 5.74) is 0.104. The molecule has 3 N–H and O–H groups in total. The van der Waals surface area contributed by atoms with Gasteiger partial charge in [-0.2, -0.15) is 0 Å². The number of imidazole rings is 1. The van der Waals surface area contributed by atoms with Crippen molar-refractivity contribution >= 4 is 22.4 Å². The number of carboxylic acid groups (broad SMARTS) is 1. The molecule has 2 aromatic rings. The average Bonchev–Trinajstić information content (AvgIpc) is 2.83. The third-order valence-electron chi connectivity index (χ3n) is 1.96. The monoisotopic (exact) mass is 238 g/mol. The van der Waals surface area contributed by atoms with Crippen molar-refractivity contribution < 1.29 is 9.90 Å². The topological polar surface area (TPSA) is 90.9 Å². The predicted octanol–water partition coefficient (Wildman–Crippen LogP) is 1.48. The molecule has 0 aliphatic rings. The zero-order valence-corrected chi connectivity index (χ0v) is 9.34. The van der Waals surface area contributed by atoms with Gasteiger partial charge in [0.15, 0.2) is 10.8 Å². The molecule has 2 heterocycles. The Labute approximate surface area is 95.4 Å². The number of rotatable bonds is 4. The Morgan fingerprint density at radius 1 is 1.69 bits per heavy atom. The molecule has 0 aromatic carbocycles. The van der Waals surface area contributed by atoms with Crippen LogP contribution in [0.3, 0.4) is 0 Å². The zero-order valence-electron chi connectivity index (χ0n) is 8.52. The number of nitrogens with zero attached hydrogens (tertiary/aromatic N) is 2. The second-order valence-corrected chi connectivity index (χ2v) is 4.32. The molecule has 16 heavy (non-hydrogen) atoms. The van der Waals surface area contributed by atoms with Gasteiger partial charge in [-0.3, -0.25) is 0 Å². The summed E-state index contributed by atoms with van der Waals surface area (Å²) in [5.74, 6) is -0.218. The Morgan fingerprint density at radius 2 is 2.50 bits per heavy atom. The van der Waals surface area contributed by atoms with E-state index in [9.17, 15) is 4.79 Å². The largest absolute Gasteiger partial charge is 0.476 e. The molecule has 0 aliphatic carbocycles. The molecule has 0 atom stereocenters. The average molecular weight is 238 g/mol. The summed E-state index contributed by atoms with van der Waals surface area (Å²) >= 11 is 1.32. The minimum Gasteiger partial charge on any atom is -0.476 e. The van der Waals surface area contributed by atoms with Crippen molar-refractivity contribution in [2.75, 3.05) is 5.32 Å². The number of anilines is 1. The summed E-state index contributed by atoms with van der Waals surface area (Å²) in [6, 6.07) is 0. The van der Waals surface area contributed by atoms with E-state index >= 15 is 0 Å². The summed E-state index contributed by atoms with van der Waals surface area (Å²) < 4.78 is 0. The van der Waals surface area contributed by atoms with Gasteiger partial charge in [-0.05, 0) is 6.92 Å². The predicted molar refractivity (Wildman–Crippen MR) is 59.7 cm³/mol. The van der Waals surface area contributed by atoms with Gasteiger partial charge in [0.05, 0.1) is 6.54 Å². The second kappa shape index (κ2) is 4.31. The maximum atomic E-state index is 10.8. The van der Waals surface area contributed by atoms with Crippen LogP contribution >= 0.6 is 11.3 Å². The molecule has 0 spiro atoms. The molecule has 0 amide bonds. The summed E-state index contributed by atoms with van der Waals surface area (Å²) in [7, 11) is 0. The molecule has 84 valence electrons. The van der Waals surface area contributed by atoms with E-state index in [2.05, 4.69) is 20.3 Å². The van der Waals surface area contributed by atoms with Gasteiger partial charge in [-0.25, -0.2) is 14.8 Å². The molecule has 0 radical (unpaired) electrons. The third-order valence-corrected chi connectivity index (χ3v) is 2.89. The Bertz CT molecular complexity index is 492. The number of hydrogen-bond acceptors (Lipinski definition) is 5. The van der Waals surface area contributed by atoms with Crippen LogP contribution in [0.1, 0.15) is 21.2 Å². The van der Waals surface area contributed by atoms with Crippen LogP contribution in [0.15, 0.2) is 12.4 Å². The minimum absolute atomic E-state index is 0.104. The number of H-pyrrole nitrogens is 1. The molecule has 0 unspecified atom stereocenters. The first-order valence-corrected chi connectivity index (χ1v) is 5.41. The van der Waals surface area contributed by atoms with Crippen molar-refractivity contribution in [3.05, 3.63) is 28.8 Å². The first-order chi connectivity index (χ1) is 7.66. The van der Waals surface area contributed by atoms with Crippen LogP contribution in [0.5, 0.6) is 0 Å². The van der Waals surface area contributed by atoms with Gasteiger partial charge in [0.2, 0.25) is 0 Å². The number of hydrogen-bond donors (Lipinski definition) is 3. The lowest BCUT2D eigenvalue weighted by Crippen LogP contribution is -2.02. The number of thiazole rings is 1. The summed E-state index contributed by atoms with van der Waals surface area (Å²) in [6.07, 6.45) is 3.39. The molecule has 0 aliphatic heterocycles. The maximum Gasteiger partial charge on any atom is 0.355 e. The standard InChI is InChI=1S/C9H10N4O2S/c1-5-7(8(14)15)13-9(16-5)12-4-6-10-2-3-11-6/h2-3H,4H2,1H3,(H,10,11)(H,12,13)(H,14,15). The van der Waals surface area contributed by atoms with E-state index in [4.69, 9.17) is 5.11 Å². The molecule has 2 rings (SSSR count). The van der Waals surface area contributed by atoms with E-state index < -0.39 is 5.97 Å². The highest BCUT2D eigenvalue weighted by Gasteiger charge is 2.13. The summed E-state index contributed by atoms with van der Waals surface area (Å²) in [6.45, 7) is 2.23. The lowest BCUT2D eigenvalue weighted by Gasteiger charge is -1.97. The molecule has 0 saturated carbocycles. The van der Waals surface area contributed by atoms with Crippen LogP contribution in [0, 0.1) is 6.92 Å². The number of aromatic amines is 1. The van der Waals surface area contributed by atoms with Crippen LogP contribution in [0.25, 0.3) is 0 Å². The number of nitrogens with one attached hydrogen (secondary N) is 2. The number of aromatic nitrogens is 3. The molecule has 0 saturated heterocycles. The van der Waals surface area contributed by atoms with Gasteiger partial charge < -0.3 is 15.4 Å². The van der Waals surface area contributed by atoms with E-state index in [1.54, 1.807) is 19.3 Å². The van der Waals surface area contributed by atoms with E-state index in [1.807, 2.05) is 0 Å². The number of aromatic carboxylic acids is 1. The molecule has 6 nitrogen and oxygen atoms in total. The van der Waals surface area contributed by atoms with Crippen molar-refractivity contribution in [1.82, 2.24) is 15.0 Å². The van der Waals surface area contributed by atoms with Crippen molar-refractivity contribution in [2.45, 2.75) is 13.5 Å². The number of aryl methyl sites for hydroxylation is 1. The third kappa shape index (κ3) is 2.19. The Morgan fingerprint density at radius 3 is 3.06 bits per heavy atom. The van der Waals surface area contributed by atoms with Gasteiger partial charge in [-0.1, -0.05) is 0 Å². The van der Waals surface area contributed by atoms with Gasteiger partial charge in [0, 0.05) is 17.3 Å². The highest BCUT2D eigenvalue weighted by Crippen LogP contribution is 2.22. The Kier molecular flexibility index (Phi) is 2.86. The molecule has 0 fully saturated rings. The molecule has 2 aromatic heterocycles. The first kappa shape index (κ1) is 10.6. The molecule has 7 heteroatoms. The minimum atomic E-state index is -1.00. The zero-order chi connectivity index (χ0) is 11.5. The highest BCUT2D eigenvalue weighted by atomic mass is 32.1. The lowest BCUT2D eigenvalue weighted by atomic mass is 10.4. The SMILES string of the molecule is Cc1sc(NCc2ncc[nH]2)nc1C(=O)O. The van der Waals surface area contributed by atoms with Crippen LogP contribution < -0.4 is 5.32 Å². The normalized spacial score (nSPS) is 10.3. The van der Waals surface area contributed by atoms with Gasteiger partial charge in [0.1, 0.15) is 5.82 Å². The van der Waals surface area contributed by atoms with E-state index in [1.165, 1.54) is 11.3 Å². The van der Waals surface area contributed by atoms with Crippen molar-refractivity contribution in [1.29, 1.82) is 0 Å². The van der Waals surface area contributed by atoms with Gasteiger partial charge in [-0.15, -0.1) is 11.3 Å². The van der Waals surface area contributed by atoms with Crippen molar-refractivity contribution in [3.63, 3.8) is 0 Å². The highest BCUT2D eigenvalue weighted by molar-refractivity contribution is 7.15. The summed E-state index contributed by atoms with van der Waals surface area (Å²) in [4.78, 5) is 22.4. The maximum absolute atomic E-state index is 10.8. The molecule has 0 bridgehead atoms. The Hall–Kier alpha value is -1.89. The lowest BCUT2D eigenvalue weighted by molar-refractivity contribution is 0.0690. The Balaban J connectivity index is 2.05. The second-order valence-electron chi connectivity index (χ2n) is 3.12. The first-order valence-electron chi connectivity index (χ1n) is 4.59. The number of carboxylic acids is 1. The van der Waals surface area contributed by atoms with Crippen LogP contribution in [-0.2, 0) is 6.54 Å². The van der Waals surface area contributed by atoms with Gasteiger partial charge in [0.25, 0.3) is 0 Å². The smallest absolute Gasteiger partial charge is 0.355 e. The fourth-order valence-electron chi connectivity index (χ4n) is 1.22. The van der Waals surface area contributed by atoms with Gasteiger partial charge >= 0.3 is 5.97 Å². The van der Waals surface area contributed by atoms with E-state index in [-0.39, 0.29) is 5.69 Å². The van der Waals surface area contributed by atoms with Crippen molar-refractivity contribution in [3.8, 4) is 0 Å². The number of carbonyl (C=O) groups is 1. The quantitative estimate of drug-likeness (QED) is 0.750. The fraction of sp³-hybridized carbons (Fsp3) is 0.222. The van der Waals surface area contributed by atoms with Crippen molar-refractivity contribution in [2.24, 2.45) is 0 Å². The molecular weight excluding hydrogens is 228 g/mol. The van der Waals surface area contributed by atoms with Crippen LogP contribution in [-0.4, -0.2) is 26.0 Å². The van der Waals surface area contributed by atoms with E-state index in [0.717, 1.165) is 5.82 Å².